The smallest absolute Gasteiger partial charge is 0.262 e. The molecule has 0 aliphatic carbocycles. The fourth-order valence-electron chi connectivity index (χ4n) is 2.34. The summed E-state index contributed by atoms with van der Waals surface area (Å²) in [5.74, 6) is 0.517. The maximum atomic E-state index is 12.1. The first kappa shape index (κ1) is 16.9. The minimum absolute atomic E-state index is 0.0737. The molecule has 6 nitrogen and oxygen atoms in total. The van der Waals surface area contributed by atoms with Gasteiger partial charge in [-0.2, -0.15) is 0 Å². The number of amides is 2. The number of rotatable bonds is 4. The van der Waals surface area contributed by atoms with Gasteiger partial charge >= 0.3 is 0 Å². The molecule has 1 aliphatic heterocycles. The lowest BCUT2D eigenvalue weighted by Gasteiger charge is -2.19. The summed E-state index contributed by atoms with van der Waals surface area (Å²) in [5.41, 5.74) is 1.65. The third-order valence-corrected chi connectivity index (χ3v) is 3.83. The van der Waals surface area contributed by atoms with Crippen molar-refractivity contribution >= 4 is 40.9 Å². The van der Waals surface area contributed by atoms with E-state index in [1.165, 1.54) is 12.1 Å². The molecule has 0 spiro atoms. The second kappa shape index (κ2) is 7.27. The molecule has 128 valence electrons. The van der Waals surface area contributed by atoms with Crippen LogP contribution >= 0.6 is 11.6 Å². The van der Waals surface area contributed by atoms with Gasteiger partial charge in [0, 0.05) is 17.7 Å². The third kappa shape index (κ3) is 3.92. The quantitative estimate of drug-likeness (QED) is 0.822. The van der Waals surface area contributed by atoms with Crippen LogP contribution in [-0.4, -0.2) is 25.5 Å². The largest absolute Gasteiger partial charge is 0.496 e. The lowest BCUT2D eigenvalue weighted by Crippen LogP contribution is -2.25. The van der Waals surface area contributed by atoms with E-state index in [9.17, 15) is 9.59 Å². The monoisotopic (exact) mass is 358 g/mol. The van der Waals surface area contributed by atoms with Gasteiger partial charge in [0.1, 0.15) is 11.5 Å². The molecule has 2 aromatic rings. The van der Waals surface area contributed by atoms with E-state index >= 15 is 0 Å². The van der Waals surface area contributed by atoms with Crippen molar-refractivity contribution in [1.29, 1.82) is 0 Å². The number of methoxy groups -OCH3 is 1. The molecule has 25 heavy (non-hydrogen) atoms. The van der Waals surface area contributed by atoms with E-state index in [0.717, 1.165) is 5.56 Å². The Balaban J connectivity index is 1.75. The molecule has 0 radical (unpaired) electrons. The van der Waals surface area contributed by atoms with Crippen molar-refractivity contribution in [3.63, 3.8) is 0 Å². The van der Waals surface area contributed by atoms with Crippen LogP contribution in [0.1, 0.15) is 5.56 Å². The second-order valence-corrected chi connectivity index (χ2v) is 5.64. The molecule has 2 aromatic carbocycles. The van der Waals surface area contributed by atoms with Crippen molar-refractivity contribution in [3.05, 3.63) is 53.1 Å². The lowest BCUT2D eigenvalue weighted by atomic mass is 10.2. The number of carbonyl (C=O) groups excluding carboxylic acids is 2. The molecule has 0 saturated heterocycles. The van der Waals surface area contributed by atoms with Crippen LogP contribution < -0.4 is 20.1 Å². The summed E-state index contributed by atoms with van der Waals surface area (Å²) < 4.78 is 10.5. The number of carbonyl (C=O) groups is 2. The summed E-state index contributed by atoms with van der Waals surface area (Å²) in [7, 11) is 1.57. The first-order chi connectivity index (χ1) is 12.1. The highest BCUT2D eigenvalue weighted by atomic mass is 35.5. The topological polar surface area (TPSA) is 76.7 Å². The van der Waals surface area contributed by atoms with Crippen LogP contribution in [0.5, 0.6) is 11.5 Å². The van der Waals surface area contributed by atoms with Gasteiger partial charge in [-0.05, 0) is 18.2 Å². The molecule has 0 atom stereocenters. The zero-order valence-corrected chi connectivity index (χ0v) is 14.1. The number of ether oxygens (including phenoxy) is 2. The van der Waals surface area contributed by atoms with Gasteiger partial charge < -0.3 is 20.1 Å². The van der Waals surface area contributed by atoms with Gasteiger partial charge in [-0.25, -0.2) is 0 Å². The minimum Gasteiger partial charge on any atom is -0.496 e. The molecule has 0 aromatic heterocycles. The summed E-state index contributed by atoms with van der Waals surface area (Å²) in [6, 6.07) is 10.5. The highest BCUT2D eigenvalue weighted by Crippen LogP contribution is 2.36. The van der Waals surface area contributed by atoms with E-state index in [1.54, 1.807) is 19.3 Å². The Morgan fingerprint density at radius 2 is 2.16 bits per heavy atom. The molecule has 0 bridgehead atoms. The van der Waals surface area contributed by atoms with Crippen molar-refractivity contribution in [2.75, 3.05) is 24.4 Å². The molecule has 7 heteroatoms. The Morgan fingerprint density at radius 1 is 1.36 bits per heavy atom. The first-order valence-electron chi connectivity index (χ1n) is 7.45. The van der Waals surface area contributed by atoms with Gasteiger partial charge in [-0.1, -0.05) is 29.8 Å². The van der Waals surface area contributed by atoms with Gasteiger partial charge in [0.2, 0.25) is 5.91 Å². The van der Waals surface area contributed by atoms with Crippen LogP contribution in [0.25, 0.3) is 6.08 Å². The Bertz CT molecular complexity index is 864. The third-order valence-electron chi connectivity index (χ3n) is 3.51. The SMILES string of the molecule is COc1ccccc1/C=C/C(=O)Nc1cc2c(cc1Cl)NC(=O)CO2. The fourth-order valence-corrected chi connectivity index (χ4v) is 2.55. The maximum absolute atomic E-state index is 12.1. The fraction of sp³-hybridized carbons (Fsp3) is 0.111. The van der Waals surface area contributed by atoms with Gasteiger partial charge in [-0.3, -0.25) is 9.59 Å². The summed E-state index contributed by atoms with van der Waals surface area (Å²) in [6.45, 7) is -0.0737. The molecular weight excluding hydrogens is 344 g/mol. The van der Waals surface area contributed by atoms with Gasteiger partial charge in [0.15, 0.2) is 6.61 Å². The zero-order chi connectivity index (χ0) is 17.8. The minimum atomic E-state index is -0.354. The summed E-state index contributed by atoms with van der Waals surface area (Å²) >= 11 is 6.15. The molecule has 0 fully saturated rings. The highest BCUT2D eigenvalue weighted by molar-refractivity contribution is 6.34. The van der Waals surface area contributed by atoms with Crippen molar-refractivity contribution in [1.82, 2.24) is 0 Å². The lowest BCUT2D eigenvalue weighted by molar-refractivity contribution is -0.118. The normalized spacial score (nSPS) is 13.0. The van der Waals surface area contributed by atoms with Gasteiger partial charge in [-0.15, -0.1) is 0 Å². The van der Waals surface area contributed by atoms with Crippen LogP contribution in [-0.2, 0) is 9.59 Å². The predicted octanol–water partition coefficient (Wildman–Crippen LogP) is 3.33. The number of anilines is 2. The zero-order valence-electron chi connectivity index (χ0n) is 13.3. The Kier molecular flexibility index (Phi) is 4.90. The van der Waals surface area contributed by atoms with Crippen molar-refractivity contribution in [2.45, 2.75) is 0 Å². The second-order valence-electron chi connectivity index (χ2n) is 5.23. The number of halogens is 1. The summed E-state index contributed by atoms with van der Waals surface area (Å²) in [5, 5.41) is 5.63. The standard InChI is InChI=1S/C18H15ClN2O4/c1-24-15-5-3-2-4-11(15)6-7-17(22)20-13-9-16-14(8-12(13)19)21-18(23)10-25-16/h2-9H,10H2,1H3,(H,20,22)(H,21,23)/b7-6+. The van der Waals surface area contributed by atoms with E-state index in [2.05, 4.69) is 10.6 Å². The number of fused-ring (bicyclic) bond motifs is 1. The van der Waals surface area contributed by atoms with E-state index in [1.807, 2.05) is 24.3 Å². The molecular formula is C18H15ClN2O4. The van der Waals surface area contributed by atoms with E-state index < -0.39 is 0 Å². The van der Waals surface area contributed by atoms with E-state index in [-0.39, 0.29) is 18.4 Å². The molecule has 0 unspecified atom stereocenters. The molecule has 1 heterocycles. The highest BCUT2D eigenvalue weighted by Gasteiger charge is 2.18. The number of hydrogen-bond donors (Lipinski definition) is 2. The van der Waals surface area contributed by atoms with Crippen molar-refractivity contribution < 1.29 is 19.1 Å². The van der Waals surface area contributed by atoms with Crippen LogP contribution in [0.4, 0.5) is 11.4 Å². The summed E-state index contributed by atoms with van der Waals surface area (Å²) in [4.78, 5) is 23.5. The van der Waals surface area contributed by atoms with Gasteiger partial charge in [0.25, 0.3) is 5.91 Å². The molecule has 2 N–H and O–H groups in total. The molecule has 2 amide bonds. The molecule has 3 rings (SSSR count). The van der Waals surface area contributed by atoms with Gasteiger partial charge in [0.05, 0.1) is 23.5 Å². The number of para-hydroxylation sites is 1. The molecule has 0 saturated carbocycles. The maximum Gasteiger partial charge on any atom is 0.262 e. The Morgan fingerprint density at radius 3 is 2.96 bits per heavy atom. The van der Waals surface area contributed by atoms with Crippen molar-refractivity contribution in [3.8, 4) is 11.5 Å². The van der Waals surface area contributed by atoms with E-state index in [4.69, 9.17) is 21.1 Å². The first-order valence-corrected chi connectivity index (χ1v) is 7.83. The number of hydrogen-bond acceptors (Lipinski definition) is 4. The van der Waals surface area contributed by atoms with E-state index in [0.29, 0.717) is 27.9 Å². The van der Waals surface area contributed by atoms with Crippen molar-refractivity contribution in [2.24, 2.45) is 0 Å². The van der Waals surface area contributed by atoms with Crippen LogP contribution in [0.15, 0.2) is 42.5 Å². The Hall–Kier alpha value is -2.99. The van der Waals surface area contributed by atoms with Crippen LogP contribution in [0.3, 0.4) is 0 Å². The summed E-state index contributed by atoms with van der Waals surface area (Å²) in [6.07, 6.45) is 3.04. The average molecular weight is 359 g/mol. The number of benzene rings is 2. The Labute approximate surface area is 149 Å². The van der Waals surface area contributed by atoms with Crippen LogP contribution in [0.2, 0.25) is 5.02 Å². The predicted molar refractivity (Wildman–Crippen MR) is 96.2 cm³/mol. The van der Waals surface area contributed by atoms with Crippen LogP contribution in [0, 0.1) is 0 Å². The number of nitrogens with one attached hydrogen (secondary N) is 2. The molecule has 1 aliphatic rings. The average Bonchev–Trinajstić information content (AvgIpc) is 2.61.